The van der Waals surface area contributed by atoms with Crippen LogP contribution in [0.4, 0.5) is 19.0 Å². The minimum absolute atomic E-state index is 0.0736. The normalized spacial score (nSPS) is 14.4. The Morgan fingerprint density at radius 1 is 1.00 bits per heavy atom. The van der Waals surface area contributed by atoms with Gasteiger partial charge in [-0.1, -0.05) is 61.7 Å². The summed E-state index contributed by atoms with van der Waals surface area (Å²) in [6.07, 6.45) is 0.475. The number of aliphatic hydroxyl groups excluding tert-OH is 1. The molecule has 1 aliphatic carbocycles. The largest absolute Gasteiger partial charge is 0.475 e. The first-order valence-electron chi connectivity index (χ1n) is 14.3. The van der Waals surface area contributed by atoms with Gasteiger partial charge < -0.3 is 20.1 Å². The average Bonchev–Trinajstić information content (AvgIpc) is 3.36. The molecule has 9 nitrogen and oxygen atoms in total. The van der Waals surface area contributed by atoms with Crippen LogP contribution in [0.2, 0.25) is 0 Å². The van der Waals surface area contributed by atoms with Gasteiger partial charge in [0, 0.05) is 19.3 Å². The van der Waals surface area contributed by atoms with E-state index >= 15 is 0 Å². The Hall–Kier alpha value is -4.84. The first-order valence-corrected chi connectivity index (χ1v) is 14.3. The van der Waals surface area contributed by atoms with Gasteiger partial charge in [-0.15, -0.1) is 0 Å². The Balaban J connectivity index is 1.47. The van der Waals surface area contributed by atoms with Gasteiger partial charge >= 0.3 is 12.1 Å². The van der Waals surface area contributed by atoms with Crippen LogP contribution in [-0.4, -0.2) is 47.2 Å². The summed E-state index contributed by atoms with van der Waals surface area (Å²) >= 11 is 0. The first-order chi connectivity index (χ1) is 21.2. The van der Waals surface area contributed by atoms with E-state index in [2.05, 4.69) is 25.3 Å². The number of carboxylic acid groups (broad SMARTS) is 1. The molecule has 1 fully saturated rings. The highest BCUT2D eigenvalue weighted by molar-refractivity contribution is 5.92. The molecule has 0 unspecified atom stereocenters. The summed E-state index contributed by atoms with van der Waals surface area (Å²) in [4.78, 5) is 29.6. The van der Waals surface area contributed by atoms with Crippen LogP contribution in [0.5, 0.6) is 0 Å². The van der Waals surface area contributed by atoms with Gasteiger partial charge in [-0.05, 0) is 53.3 Å². The van der Waals surface area contributed by atoms with Gasteiger partial charge in [-0.3, -0.25) is 4.98 Å². The van der Waals surface area contributed by atoms with Gasteiger partial charge in [0.1, 0.15) is 17.3 Å². The third-order valence-electron chi connectivity index (χ3n) is 7.93. The number of aliphatic hydroxyl groups is 1. The second-order valence-electron chi connectivity index (χ2n) is 10.9. The Kier molecular flexibility index (Phi) is 8.00. The number of aromatic carboxylic acids is 1. The fourth-order valence-electron chi connectivity index (χ4n) is 5.33. The van der Waals surface area contributed by atoms with Crippen LogP contribution in [0.25, 0.3) is 22.7 Å². The van der Waals surface area contributed by atoms with E-state index in [9.17, 15) is 28.2 Å². The highest BCUT2D eigenvalue weighted by Gasteiger charge is 2.30. The van der Waals surface area contributed by atoms with Crippen molar-refractivity contribution >= 4 is 23.0 Å². The van der Waals surface area contributed by atoms with E-state index in [0.717, 1.165) is 31.4 Å². The van der Waals surface area contributed by atoms with Crippen molar-refractivity contribution in [3.05, 3.63) is 101 Å². The van der Waals surface area contributed by atoms with Crippen molar-refractivity contribution in [2.45, 2.75) is 44.5 Å². The second kappa shape index (κ2) is 12.0. The van der Waals surface area contributed by atoms with E-state index in [1.807, 2.05) is 18.2 Å². The van der Waals surface area contributed by atoms with Crippen LogP contribution < -0.4 is 5.32 Å². The molecule has 2 aromatic carbocycles. The molecular formula is C32H29F3N6O3. The summed E-state index contributed by atoms with van der Waals surface area (Å²) in [5, 5.41) is 24.1. The summed E-state index contributed by atoms with van der Waals surface area (Å²) < 4.78 is 41.5. The summed E-state index contributed by atoms with van der Waals surface area (Å²) in [5.74, 6) is -0.609. The smallest absolute Gasteiger partial charge is 0.416 e. The van der Waals surface area contributed by atoms with E-state index < -0.39 is 29.6 Å². The number of hydrogen-bond acceptors (Lipinski definition) is 7. The van der Waals surface area contributed by atoms with E-state index in [1.54, 1.807) is 28.8 Å². The number of aromatic nitrogens is 5. The number of anilines is 1. The summed E-state index contributed by atoms with van der Waals surface area (Å²) in [6, 6.07) is 17.3. The zero-order chi connectivity index (χ0) is 30.8. The minimum Gasteiger partial charge on any atom is -0.475 e. The van der Waals surface area contributed by atoms with Gasteiger partial charge in [0.05, 0.1) is 5.56 Å². The molecule has 226 valence electrons. The molecule has 0 radical (unpaired) electrons. The van der Waals surface area contributed by atoms with Gasteiger partial charge in [0.2, 0.25) is 5.82 Å². The molecule has 5 aromatic rings. The molecule has 12 heteroatoms. The standard InChI is InChI=1S/C32H29F3N6O3/c33-32(34,35)23-11-9-20(10-12-23)18-41-25-27(37-15-13-19-5-4-6-19)38-29(31(43)44)39-28(25)40-30(41)24-17-22(14-16-36-24)26(42)21-7-2-1-3-8-21/h1-3,7-12,14,16-17,19,26,42H,4-6,13,15,18H2,(H,43,44)(H,37,38,39)/t26-/m1/s1. The van der Waals surface area contributed by atoms with Gasteiger partial charge in [0.25, 0.3) is 0 Å². The molecular weight excluding hydrogens is 573 g/mol. The van der Waals surface area contributed by atoms with Crippen LogP contribution in [0.15, 0.2) is 72.9 Å². The number of rotatable bonds is 10. The monoisotopic (exact) mass is 602 g/mol. The molecule has 1 saturated carbocycles. The third-order valence-corrected chi connectivity index (χ3v) is 7.93. The maximum absolute atomic E-state index is 13.3. The number of hydrogen-bond donors (Lipinski definition) is 3. The molecule has 0 amide bonds. The van der Waals surface area contributed by atoms with E-state index in [0.29, 0.717) is 46.2 Å². The van der Waals surface area contributed by atoms with Crippen molar-refractivity contribution < 1.29 is 28.2 Å². The number of alkyl halides is 3. The van der Waals surface area contributed by atoms with E-state index in [1.165, 1.54) is 24.8 Å². The maximum atomic E-state index is 13.3. The number of carbonyl (C=O) groups is 1. The Morgan fingerprint density at radius 2 is 1.75 bits per heavy atom. The lowest BCUT2D eigenvalue weighted by atomic mass is 9.83. The van der Waals surface area contributed by atoms with Crippen LogP contribution in [0.3, 0.4) is 0 Å². The average molecular weight is 603 g/mol. The molecule has 6 rings (SSSR count). The van der Waals surface area contributed by atoms with Crippen molar-refractivity contribution in [3.63, 3.8) is 0 Å². The number of pyridine rings is 1. The first kappa shape index (κ1) is 29.2. The summed E-state index contributed by atoms with van der Waals surface area (Å²) in [7, 11) is 0. The maximum Gasteiger partial charge on any atom is 0.416 e. The highest BCUT2D eigenvalue weighted by atomic mass is 19.4. The van der Waals surface area contributed by atoms with Gasteiger partial charge in [-0.25, -0.2) is 19.7 Å². The Bertz CT molecular complexity index is 1790. The number of benzene rings is 2. The molecule has 0 bridgehead atoms. The summed E-state index contributed by atoms with van der Waals surface area (Å²) in [5.41, 5.74) is 1.86. The zero-order valence-electron chi connectivity index (χ0n) is 23.5. The third kappa shape index (κ3) is 6.11. The molecule has 0 aliphatic heterocycles. The van der Waals surface area contributed by atoms with Crippen molar-refractivity contribution in [1.82, 2.24) is 24.5 Å². The highest BCUT2D eigenvalue weighted by Crippen LogP contribution is 2.33. The number of carboxylic acids is 1. The molecule has 44 heavy (non-hydrogen) atoms. The Labute approximate surface area is 250 Å². The number of imidazole rings is 1. The molecule has 3 heterocycles. The second-order valence-corrected chi connectivity index (χ2v) is 10.9. The molecule has 3 aromatic heterocycles. The predicted molar refractivity (Wildman–Crippen MR) is 157 cm³/mol. The molecule has 1 atom stereocenters. The predicted octanol–water partition coefficient (Wildman–Crippen LogP) is 6.34. The fraction of sp³-hybridized carbons (Fsp3) is 0.281. The fourth-order valence-corrected chi connectivity index (χ4v) is 5.33. The zero-order valence-corrected chi connectivity index (χ0v) is 23.5. The van der Waals surface area contributed by atoms with Crippen LogP contribution in [0, 0.1) is 5.92 Å². The topological polar surface area (TPSA) is 126 Å². The van der Waals surface area contributed by atoms with Crippen molar-refractivity contribution in [1.29, 1.82) is 0 Å². The minimum atomic E-state index is -4.48. The number of fused-ring (bicyclic) bond motifs is 1. The Morgan fingerprint density at radius 3 is 2.41 bits per heavy atom. The number of nitrogens with zero attached hydrogens (tertiary/aromatic N) is 5. The molecule has 1 aliphatic rings. The number of nitrogens with one attached hydrogen (secondary N) is 1. The summed E-state index contributed by atoms with van der Waals surface area (Å²) in [6.45, 7) is 0.623. The van der Waals surface area contributed by atoms with Crippen molar-refractivity contribution in [2.24, 2.45) is 5.92 Å². The SMILES string of the molecule is O=C(O)c1nc(NCCC2CCC2)c2c(n1)nc(-c1cc([C@H](O)c3ccccc3)ccn1)n2Cc1ccc(C(F)(F)F)cc1. The van der Waals surface area contributed by atoms with Crippen LogP contribution in [0.1, 0.15) is 64.7 Å². The molecule has 0 saturated heterocycles. The lowest BCUT2D eigenvalue weighted by molar-refractivity contribution is -0.137. The van der Waals surface area contributed by atoms with Crippen LogP contribution >= 0.6 is 0 Å². The number of halogens is 3. The molecule has 0 spiro atoms. The van der Waals surface area contributed by atoms with Gasteiger partial charge in [-0.2, -0.15) is 13.2 Å². The van der Waals surface area contributed by atoms with Crippen molar-refractivity contribution in [3.8, 4) is 11.5 Å². The lowest BCUT2D eigenvalue weighted by Gasteiger charge is -2.25. The molecule has 3 N–H and O–H groups in total. The van der Waals surface area contributed by atoms with Gasteiger partial charge in [0.15, 0.2) is 17.3 Å². The lowest BCUT2D eigenvalue weighted by Crippen LogP contribution is -2.17. The quantitative estimate of drug-likeness (QED) is 0.169. The van der Waals surface area contributed by atoms with E-state index in [4.69, 9.17) is 0 Å². The van der Waals surface area contributed by atoms with E-state index in [-0.39, 0.29) is 18.0 Å². The van der Waals surface area contributed by atoms with Crippen LogP contribution in [-0.2, 0) is 12.7 Å². The van der Waals surface area contributed by atoms with Crippen molar-refractivity contribution in [2.75, 3.05) is 11.9 Å².